The topological polar surface area (TPSA) is 56.7 Å². The zero-order valence-corrected chi connectivity index (χ0v) is 30.2. The molecule has 0 spiro atoms. The maximum atomic E-state index is 6.82. The molecule has 0 N–H and O–H groups in total. The van der Waals surface area contributed by atoms with Crippen LogP contribution in [0.5, 0.6) is 0 Å². The molecule has 5 nitrogen and oxygen atoms in total. The Morgan fingerprint density at radius 2 is 0.929 bits per heavy atom. The van der Waals surface area contributed by atoms with Gasteiger partial charge in [0, 0.05) is 43.9 Å². The molecule has 0 unspecified atom stereocenters. The summed E-state index contributed by atoms with van der Waals surface area (Å²) in [6.45, 7) is 0. The lowest BCUT2D eigenvalue weighted by atomic mass is 9.93. The maximum absolute atomic E-state index is 6.82. The summed E-state index contributed by atoms with van der Waals surface area (Å²) in [6, 6.07) is 67.3. The molecule has 3 aromatic heterocycles. The van der Waals surface area contributed by atoms with Crippen LogP contribution >= 0.6 is 0 Å². The van der Waals surface area contributed by atoms with Gasteiger partial charge in [0.25, 0.3) is 0 Å². The van der Waals surface area contributed by atoms with Gasteiger partial charge in [0.15, 0.2) is 23.1 Å². The highest BCUT2D eigenvalue weighted by atomic mass is 16.3. The second-order valence-electron chi connectivity index (χ2n) is 14.0. The molecule has 0 atom stereocenters. The van der Waals surface area contributed by atoms with E-state index in [2.05, 4.69) is 132 Å². The van der Waals surface area contributed by atoms with Crippen LogP contribution in [0.4, 0.5) is 0 Å². The smallest absolute Gasteiger partial charge is 0.164 e. The van der Waals surface area contributed by atoms with Crippen LogP contribution < -0.4 is 0 Å². The first-order valence-corrected chi connectivity index (χ1v) is 18.8. The van der Waals surface area contributed by atoms with E-state index in [-0.39, 0.29) is 0 Å². The summed E-state index contributed by atoms with van der Waals surface area (Å²) in [5.74, 6) is 1.86. The standard InChI is InChI=1S/C51H32N4O/c1-5-15-33(16-6-1)36-25-27-39(44(31-36)51-53-49(34-17-7-2-8-18-34)52-50(54-51)35-19-9-3-10-20-35)37-26-30-46-43(32-37)42-29-28-41-40-23-13-14-24-45(40)55(47(41)48(42)56-46)38-21-11-4-12-22-38/h1-32H. The number of nitrogens with zero attached hydrogens (tertiary/aromatic N) is 4. The Labute approximate surface area is 322 Å². The number of rotatable bonds is 6. The Kier molecular flexibility index (Phi) is 7.42. The first kappa shape index (κ1) is 31.9. The molecular weight excluding hydrogens is 685 g/mol. The van der Waals surface area contributed by atoms with Crippen molar-refractivity contribution in [3.8, 4) is 62.1 Å². The van der Waals surface area contributed by atoms with E-state index >= 15 is 0 Å². The zero-order chi connectivity index (χ0) is 37.0. The Hall–Kier alpha value is -7.63. The van der Waals surface area contributed by atoms with E-state index in [4.69, 9.17) is 19.4 Å². The van der Waals surface area contributed by atoms with Crippen molar-refractivity contribution in [3.05, 3.63) is 194 Å². The fourth-order valence-corrected chi connectivity index (χ4v) is 8.02. The number of hydrogen-bond acceptors (Lipinski definition) is 4. The van der Waals surface area contributed by atoms with Gasteiger partial charge in [-0.25, -0.2) is 15.0 Å². The summed E-state index contributed by atoms with van der Waals surface area (Å²) in [4.78, 5) is 15.3. The van der Waals surface area contributed by atoms with Gasteiger partial charge in [-0.05, 0) is 64.7 Å². The van der Waals surface area contributed by atoms with Crippen molar-refractivity contribution in [2.75, 3.05) is 0 Å². The molecule has 0 amide bonds. The molecule has 11 rings (SSSR count). The molecule has 262 valence electrons. The van der Waals surface area contributed by atoms with Gasteiger partial charge in [0.1, 0.15) is 5.58 Å². The lowest BCUT2D eigenvalue weighted by Gasteiger charge is -2.14. The molecule has 0 saturated carbocycles. The van der Waals surface area contributed by atoms with E-state index in [0.717, 1.165) is 83.0 Å². The number of furan rings is 1. The van der Waals surface area contributed by atoms with Gasteiger partial charge >= 0.3 is 0 Å². The van der Waals surface area contributed by atoms with Gasteiger partial charge in [-0.3, -0.25) is 0 Å². The van der Waals surface area contributed by atoms with Crippen molar-refractivity contribution in [1.82, 2.24) is 19.5 Å². The molecule has 3 heterocycles. The van der Waals surface area contributed by atoms with Gasteiger partial charge < -0.3 is 8.98 Å². The normalized spacial score (nSPS) is 11.6. The average molecular weight is 717 g/mol. The van der Waals surface area contributed by atoms with Gasteiger partial charge in [0.05, 0.1) is 11.0 Å². The first-order chi connectivity index (χ1) is 27.8. The number of para-hydroxylation sites is 2. The minimum Gasteiger partial charge on any atom is -0.454 e. The molecule has 0 aliphatic heterocycles. The summed E-state index contributed by atoms with van der Waals surface area (Å²) in [6.07, 6.45) is 0. The second-order valence-corrected chi connectivity index (χ2v) is 14.0. The summed E-state index contributed by atoms with van der Waals surface area (Å²) in [5.41, 5.74) is 12.0. The first-order valence-electron chi connectivity index (χ1n) is 18.8. The molecule has 0 bridgehead atoms. The van der Waals surface area contributed by atoms with Crippen molar-refractivity contribution in [2.24, 2.45) is 0 Å². The Morgan fingerprint density at radius 1 is 0.357 bits per heavy atom. The van der Waals surface area contributed by atoms with E-state index in [1.54, 1.807) is 0 Å². The van der Waals surface area contributed by atoms with Gasteiger partial charge in [0.2, 0.25) is 0 Å². The molecule has 8 aromatic carbocycles. The summed E-state index contributed by atoms with van der Waals surface area (Å²) < 4.78 is 9.14. The summed E-state index contributed by atoms with van der Waals surface area (Å²) >= 11 is 0. The van der Waals surface area contributed by atoms with E-state index in [1.807, 2.05) is 66.7 Å². The van der Waals surface area contributed by atoms with Crippen LogP contribution in [0, 0.1) is 0 Å². The third kappa shape index (κ3) is 5.29. The molecule has 0 saturated heterocycles. The fourth-order valence-electron chi connectivity index (χ4n) is 8.02. The van der Waals surface area contributed by atoms with Crippen LogP contribution in [0.2, 0.25) is 0 Å². The van der Waals surface area contributed by atoms with E-state index in [0.29, 0.717) is 17.5 Å². The van der Waals surface area contributed by atoms with Gasteiger partial charge in [-0.15, -0.1) is 0 Å². The SMILES string of the molecule is c1ccc(-c2ccc(-c3ccc4oc5c(ccc6c7ccccc7n(-c7ccccc7)c65)c4c3)c(-c3nc(-c4ccccc4)nc(-c4ccccc4)n3)c2)cc1. The molecule has 56 heavy (non-hydrogen) atoms. The molecule has 11 aromatic rings. The van der Waals surface area contributed by atoms with E-state index in [1.165, 1.54) is 5.39 Å². The summed E-state index contributed by atoms with van der Waals surface area (Å²) in [7, 11) is 0. The molecule has 5 heteroatoms. The lowest BCUT2D eigenvalue weighted by Crippen LogP contribution is -2.01. The van der Waals surface area contributed by atoms with Crippen LogP contribution in [0.15, 0.2) is 199 Å². The molecule has 0 aliphatic rings. The van der Waals surface area contributed by atoms with Crippen LogP contribution in [-0.2, 0) is 0 Å². The molecular formula is C51H32N4O. The third-order valence-corrected chi connectivity index (χ3v) is 10.7. The highest BCUT2D eigenvalue weighted by molar-refractivity contribution is 6.21. The Bertz CT molecular complexity index is 3170. The fraction of sp³-hybridized carbons (Fsp3) is 0. The number of fused-ring (bicyclic) bond motifs is 7. The van der Waals surface area contributed by atoms with Crippen molar-refractivity contribution in [2.45, 2.75) is 0 Å². The quantitative estimate of drug-likeness (QED) is 0.172. The maximum Gasteiger partial charge on any atom is 0.164 e. The lowest BCUT2D eigenvalue weighted by molar-refractivity contribution is 0.671. The highest BCUT2D eigenvalue weighted by Gasteiger charge is 2.21. The van der Waals surface area contributed by atoms with Crippen molar-refractivity contribution in [1.29, 1.82) is 0 Å². The van der Waals surface area contributed by atoms with Crippen molar-refractivity contribution < 1.29 is 4.42 Å². The molecule has 0 fully saturated rings. The number of aromatic nitrogens is 4. The number of hydrogen-bond donors (Lipinski definition) is 0. The van der Waals surface area contributed by atoms with Crippen LogP contribution in [-0.4, -0.2) is 19.5 Å². The van der Waals surface area contributed by atoms with Gasteiger partial charge in [-0.2, -0.15) is 0 Å². The van der Waals surface area contributed by atoms with Crippen LogP contribution in [0.25, 0.3) is 106 Å². The summed E-state index contributed by atoms with van der Waals surface area (Å²) in [5, 5.41) is 4.47. The molecule has 0 aliphatic carbocycles. The molecule has 0 radical (unpaired) electrons. The minimum absolute atomic E-state index is 0.608. The third-order valence-electron chi connectivity index (χ3n) is 10.7. The predicted molar refractivity (Wildman–Crippen MR) is 229 cm³/mol. The van der Waals surface area contributed by atoms with Crippen LogP contribution in [0.3, 0.4) is 0 Å². The largest absolute Gasteiger partial charge is 0.454 e. The Morgan fingerprint density at radius 3 is 1.62 bits per heavy atom. The zero-order valence-electron chi connectivity index (χ0n) is 30.2. The van der Waals surface area contributed by atoms with Gasteiger partial charge in [-0.1, -0.05) is 152 Å². The number of benzene rings is 8. The minimum atomic E-state index is 0.608. The van der Waals surface area contributed by atoms with Crippen molar-refractivity contribution >= 4 is 43.7 Å². The predicted octanol–water partition coefficient (Wildman–Crippen LogP) is 13.2. The Balaban J connectivity index is 1.15. The highest BCUT2D eigenvalue weighted by Crippen LogP contribution is 2.43. The van der Waals surface area contributed by atoms with E-state index < -0.39 is 0 Å². The monoisotopic (exact) mass is 716 g/mol. The van der Waals surface area contributed by atoms with Crippen LogP contribution in [0.1, 0.15) is 0 Å². The second kappa shape index (κ2) is 13.0. The van der Waals surface area contributed by atoms with Crippen molar-refractivity contribution in [3.63, 3.8) is 0 Å². The average Bonchev–Trinajstić information content (AvgIpc) is 3.83. The van der Waals surface area contributed by atoms with E-state index in [9.17, 15) is 0 Å².